The van der Waals surface area contributed by atoms with E-state index in [0.717, 1.165) is 51.4 Å². The number of hydrogen-bond donors (Lipinski definition) is 4. The molecule has 21 heteroatoms. The van der Waals surface area contributed by atoms with E-state index in [2.05, 4.69) is 72.5 Å². The Balaban J connectivity index is 1.40. The van der Waals surface area contributed by atoms with E-state index in [4.69, 9.17) is 21.7 Å². The fourth-order valence-electron chi connectivity index (χ4n) is 6.95. The first-order valence-electron chi connectivity index (χ1n) is 22.6. The van der Waals surface area contributed by atoms with Crippen molar-refractivity contribution in [2.45, 2.75) is 141 Å². The molecule has 2 unspecified atom stereocenters. The van der Waals surface area contributed by atoms with Crippen molar-refractivity contribution in [1.82, 2.24) is 44.0 Å². The number of anilines is 2. The van der Waals surface area contributed by atoms with E-state index in [0.29, 0.717) is 35.9 Å². The van der Waals surface area contributed by atoms with Gasteiger partial charge >= 0.3 is 0 Å². The Labute approximate surface area is 389 Å². The molecule has 2 aromatic carbocycles. The minimum absolute atomic E-state index is 0.0533. The number of benzene rings is 2. The lowest BCUT2D eigenvalue weighted by Gasteiger charge is -2.15. The molecule has 0 bridgehead atoms. The maximum Gasteiger partial charge on any atom is 0.257 e. The number of nitrogen functional groups attached to an aromatic ring is 2. The zero-order valence-corrected chi connectivity index (χ0v) is 41.6. The van der Waals surface area contributed by atoms with Crippen LogP contribution in [0.25, 0.3) is 11.9 Å². The van der Waals surface area contributed by atoms with Crippen LogP contribution in [0.2, 0.25) is 0 Å². The van der Waals surface area contributed by atoms with Gasteiger partial charge in [-0.3, -0.25) is 0 Å². The van der Waals surface area contributed by atoms with Gasteiger partial charge in [0.25, 0.3) is 11.9 Å². The Morgan fingerprint density at radius 3 is 1.27 bits per heavy atom. The van der Waals surface area contributed by atoms with E-state index in [1.807, 2.05) is 41.5 Å². The second-order valence-corrected chi connectivity index (χ2v) is 22.0. The highest BCUT2D eigenvalue weighted by atomic mass is 32.2. The van der Waals surface area contributed by atoms with Crippen LogP contribution in [-0.2, 0) is 30.9 Å². The van der Waals surface area contributed by atoms with Gasteiger partial charge < -0.3 is 11.5 Å². The Bertz CT molecular complexity index is 2500. The molecule has 3 heterocycles. The van der Waals surface area contributed by atoms with Crippen molar-refractivity contribution in [2.75, 3.05) is 24.6 Å². The van der Waals surface area contributed by atoms with Crippen molar-refractivity contribution in [1.29, 1.82) is 0 Å². The third-order valence-electron chi connectivity index (χ3n) is 11.2. The molecule has 66 heavy (non-hydrogen) atoms. The van der Waals surface area contributed by atoms with Gasteiger partial charge in [-0.2, -0.15) is 44.7 Å². The number of nitrogens with zero attached hydrogens (tertiary/aromatic N) is 11. The summed E-state index contributed by atoms with van der Waals surface area (Å²) in [7, 11) is -7.43. The molecule has 0 saturated heterocycles. The molecule has 6 N–H and O–H groups in total. The number of sulfonamides is 2. The van der Waals surface area contributed by atoms with Gasteiger partial charge in [0.2, 0.25) is 20.0 Å². The van der Waals surface area contributed by atoms with Crippen LogP contribution in [0.5, 0.6) is 0 Å². The fraction of sp³-hybridized carbons (Fsp3) is 0.533. The van der Waals surface area contributed by atoms with Crippen molar-refractivity contribution < 1.29 is 16.8 Å². The molecule has 0 saturated carbocycles. The third-order valence-corrected chi connectivity index (χ3v) is 14.1. The zero-order chi connectivity index (χ0) is 48.5. The SMILES string of the molecule is CCCCC(CC)CNS(=O)(=O)c1ccc(N=Nc2c(C(C)(C)C)nn(-c3ncnc(-n4nc(C(C)(C)C)c(N=Nc5ccc(S(=O)(=O)NCC(CC)CCCC)cc5)c4N)n3)c2N)cc1. The second kappa shape index (κ2) is 21.9. The molecule has 358 valence electrons. The molecule has 5 aromatic rings. The average Bonchev–Trinajstić information content (AvgIpc) is 3.81. The van der Waals surface area contributed by atoms with Crippen LogP contribution in [-0.4, -0.2) is 64.4 Å². The van der Waals surface area contributed by atoms with Gasteiger partial charge in [-0.05, 0) is 73.2 Å². The first kappa shape index (κ1) is 51.5. The van der Waals surface area contributed by atoms with Gasteiger partial charge in [0.15, 0.2) is 23.0 Å². The summed E-state index contributed by atoms with van der Waals surface area (Å²) in [5.41, 5.74) is 14.7. The maximum atomic E-state index is 13.1. The van der Waals surface area contributed by atoms with Crippen LogP contribution in [0.4, 0.5) is 34.4 Å². The van der Waals surface area contributed by atoms with Crippen molar-refractivity contribution in [3.05, 3.63) is 66.2 Å². The summed E-state index contributed by atoms with van der Waals surface area (Å²) < 4.78 is 60.5. The van der Waals surface area contributed by atoms with E-state index >= 15 is 0 Å². The van der Waals surface area contributed by atoms with Crippen LogP contribution in [0.1, 0.15) is 132 Å². The molecule has 19 nitrogen and oxygen atoms in total. The Kier molecular flexibility index (Phi) is 17.0. The molecule has 0 aliphatic rings. The number of unbranched alkanes of at least 4 members (excludes halogenated alkanes) is 2. The number of azo groups is 2. The smallest absolute Gasteiger partial charge is 0.257 e. The lowest BCUT2D eigenvalue weighted by molar-refractivity contribution is 0.443. The van der Waals surface area contributed by atoms with E-state index < -0.39 is 30.9 Å². The third kappa shape index (κ3) is 12.9. The summed E-state index contributed by atoms with van der Waals surface area (Å²) in [6.45, 7) is 20.9. The number of rotatable bonds is 22. The molecule has 0 radical (unpaired) electrons. The van der Waals surface area contributed by atoms with Crippen LogP contribution in [0, 0.1) is 11.8 Å². The first-order chi connectivity index (χ1) is 31.1. The van der Waals surface area contributed by atoms with Crippen LogP contribution in [0.3, 0.4) is 0 Å². The van der Waals surface area contributed by atoms with Crippen LogP contribution >= 0.6 is 0 Å². The van der Waals surface area contributed by atoms with Crippen molar-refractivity contribution in [3.8, 4) is 11.9 Å². The lowest BCUT2D eigenvalue weighted by atomic mass is 9.91. The van der Waals surface area contributed by atoms with Gasteiger partial charge in [-0.15, -0.1) is 10.2 Å². The zero-order valence-electron chi connectivity index (χ0n) is 39.9. The topological polar surface area (TPSA) is 268 Å². The minimum Gasteiger partial charge on any atom is -0.382 e. The largest absolute Gasteiger partial charge is 0.382 e. The Morgan fingerprint density at radius 2 is 0.955 bits per heavy atom. The lowest BCUT2D eigenvalue weighted by Crippen LogP contribution is -2.29. The van der Waals surface area contributed by atoms with Crippen molar-refractivity contribution in [2.24, 2.45) is 32.3 Å². The monoisotopic (exact) mass is 945 g/mol. The number of nitrogens with one attached hydrogen (secondary N) is 2. The van der Waals surface area contributed by atoms with Crippen LogP contribution < -0.4 is 20.9 Å². The Hall–Kier alpha value is -5.51. The summed E-state index contributed by atoms with van der Waals surface area (Å²) in [6, 6.07) is 12.3. The van der Waals surface area contributed by atoms with Crippen LogP contribution in [0.15, 0.2) is 85.1 Å². The van der Waals surface area contributed by atoms with Crippen molar-refractivity contribution >= 4 is 54.4 Å². The quantitative estimate of drug-likeness (QED) is 0.0474. The number of aromatic nitrogens is 7. The minimum atomic E-state index is -3.71. The van der Waals surface area contributed by atoms with Gasteiger partial charge in [-0.1, -0.05) is 108 Å². The summed E-state index contributed by atoms with van der Waals surface area (Å²) >= 11 is 0. The van der Waals surface area contributed by atoms with Gasteiger partial charge in [0, 0.05) is 23.9 Å². The van der Waals surface area contributed by atoms with E-state index in [1.54, 1.807) is 24.3 Å². The highest BCUT2D eigenvalue weighted by Gasteiger charge is 2.30. The van der Waals surface area contributed by atoms with E-state index in [-0.39, 0.29) is 56.5 Å². The maximum absolute atomic E-state index is 13.1. The highest BCUT2D eigenvalue weighted by Crippen LogP contribution is 2.39. The number of hydrogen-bond acceptors (Lipinski definition) is 15. The second-order valence-electron chi connectivity index (χ2n) is 18.5. The van der Waals surface area contributed by atoms with Gasteiger partial charge in [-0.25, -0.2) is 26.3 Å². The van der Waals surface area contributed by atoms with E-state index in [1.165, 1.54) is 40.0 Å². The van der Waals surface area contributed by atoms with E-state index in [9.17, 15) is 16.8 Å². The molecule has 0 aliphatic heterocycles. The average molecular weight is 946 g/mol. The number of nitrogens with two attached hydrogens (primary N) is 2. The molecule has 0 amide bonds. The molecular weight excluding hydrogens is 879 g/mol. The van der Waals surface area contributed by atoms with Gasteiger partial charge in [0.1, 0.15) is 6.33 Å². The normalized spacial score (nSPS) is 13.8. The summed E-state index contributed by atoms with van der Waals surface area (Å²) in [5.74, 6) is 0.854. The Morgan fingerprint density at radius 1 is 0.591 bits per heavy atom. The molecule has 5 rings (SSSR count). The molecule has 0 fully saturated rings. The molecular formula is C45H67N15O4S2. The molecule has 0 spiro atoms. The standard InChI is InChI=1S/C45H67N15O4S2/c1-11-15-17-30(13-3)27-50-65(61,62)34-23-19-32(20-24-34)53-55-36-38(44(5,6)7)57-59(40(36)46)42-48-29-49-43(52-42)60-41(47)37(39(58-60)45(8,9)10)56-54-33-21-25-35(26-22-33)66(63,64)51-28-31(14-4)18-16-12-2/h19-26,29-31,50-51H,11-18,27-28,46-47H2,1-10H3. The predicted octanol–water partition coefficient (Wildman–Crippen LogP) is 9.82. The summed E-state index contributed by atoms with van der Waals surface area (Å²) in [4.78, 5) is 13.6. The predicted molar refractivity (Wildman–Crippen MR) is 259 cm³/mol. The van der Waals surface area contributed by atoms with Crippen molar-refractivity contribution in [3.63, 3.8) is 0 Å². The summed E-state index contributed by atoms with van der Waals surface area (Å²) in [5, 5.41) is 27.3. The first-order valence-corrected chi connectivity index (χ1v) is 25.6. The summed E-state index contributed by atoms with van der Waals surface area (Å²) in [6.07, 6.45) is 9.26. The highest BCUT2D eigenvalue weighted by molar-refractivity contribution is 7.89. The molecule has 2 atom stereocenters. The molecule has 0 aliphatic carbocycles. The van der Waals surface area contributed by atoms with Gasteiger partial charge in [0.05, 0.1) is 32.6 Å². The fourth-order valence-corrected chi connectivity index (χ4v) is 9.18. The molecule has 3 aromatic heterocycles.